The fourth-order valence-electron chi connectivity index (χ4n) is 3.21. The van der Waals surface area contributed by atoms with Gasteiger partial charge in [-0.15, -0.1) is 11.3 Å². The molecule has 1 aliphatic rings. The van der Waals surface area contributed by atoms with Gasteiger partial charge < -0.3 is 25.6 Å². The van der Waals surface area contributed by atoms with Gasteiger partial charge in [-0.3, -0.25) is 4.79 Å². The Morgan fingerprint density at radius 2 is 2.21 bits per heavy atom. The molecule has 3 rings (SSSR count). The van der Waals surface area contributed by atoms with Crippen molar-refractivity contribution < 1.29 is 24.4 Å². The molecule has 9 heteroatoms. The molecule has 0 unspecified atom stereocenters. The number of nitrogens with two attached hydrogens (primary N) is 1. The maximum absolute atomic E-state index is 13.0. The molecular weight excluding hydrogens is 392 g/mol. The van der Waals surface area contributed by atoms with Gasteiger partial charge in [0.15, 0.2) is 0 Å². The fourth-order valence-corrected chi connectivity index (χ4v) is 3.90. The van der Waals surface area contributed by atoms with Crippen LogP contribution in [0.1, 0.15) is 29.0 Å². The maximum atomic E-state index is 13.0. The molecule has 1 amide bonds. The average Bonchev–Trinajstić information content (AvgIpc) is 3.14. The first-order valence-electron chi connectivity index (χ1n) is 9.45. The smallest absolute Gasteiger partial charge is 0.316 e. The van der Waals surface area contributed by atoms with Crippen molar-refractivity contribution in [2.24, 2.45) is 0 Å². The van der Waals surface area contributed by atoms with Crippen LogP contribution in [0.3, 0.4) is 0 Å². The van der Waals surface area contributed by atoms with Crippen LogP contribution < -0.4 is 20.8 Å². The third-order valence-electron chi connectivity index (χ3n) is 5.12. The SMILES string of the molecule is C[NH+]=C(C(=O)NC1(CO)CCOCC1)c1cc(OCc2scnc2C)ccc1N. The van der Waals surface area contributed by atoms with Gasteiger partial charge in [0.25, 0.3) is 5.71 Å². The second-order valence-corrected chi connectivity index (χ2v) is 7.97. The van der Waals surface area contributed by atoms with Crippen LogP contribution in [-0.2, 0) is 16.1 Å². The minimum atomic E-state index is -0.690. The van der Waals surface area contributed by atoms with E-state index in [1.165, 1.54) is 11.3 Å². The number of nitrogens with zero attached hydrogens (tertiary/aromatic N) is 1. The second-order valence-electron chi connectivity index (χ2n) is 7.03. The zero-order valence-electron chi connectivity index (χ0n) is 16.7. The summed E-state index contributed by atoms with van der Waals surface area (Å²) in [6.45, 7) is 3.19. The average molecular weight is 420 g/mol. The van der Waals surface area contributed by atoms with Crippen LogP contribution in [0.5, 0.6) is 5.75 Å². The highest BCUT2D eigenvalue weighted by atomic mass is 32.1. The lowest BCUT2D eigenvalue weighted by Crippen LogP contribution is -2.73. The number of hydrogen-bond donors (Lipinski definition) is 4. The number of nitrogens with one attached hydrogen (secondary N) is 2. The molecule has 1 fully saturated rings. The number of aliphatic hydroxyl groups excluding tert-OH is 1. The highest BCUT2D eigenvalue weighted by Gasteiger charge is 2.36. The van der Waals surface area contributed by atoms with Crippen molar-refractivity contribution in [3.05, 3.63) is 39.8 Å². The van der Waals surface area contributed by atoms with Gasteiger partial charge in [-0.05, 0) is 38.0 Å². The predicted molar refractivity (Wildman–Crippen MR) is 111 cm³/mol. The number of aromatic nitrogens is 1. The van der Waals surface area contributed by atoms with Gasteiger partial charge in [0.05, 0.1) is 33.8 Å². The summed E-state index contributed by atoms with van der Waals surface area (Å²) in [7, 11) is 1.66. The van der Waals surface area contributed by atoms with Crippen LogP contribution in [0.4, 0.5) is 5.69 Å². The van der Waals surface area contributed by atoms with E-state index in [1.54, 1.807) is 30.8 Å². The number of anilines is 1. The molecule has 29 heavy (non-hydrogen) atoms. The summed E-state index contributed by atoms with van der Waals surface area (Å²) in [5.74, 6) is 0.274. The summed E-state index contributed by atoms with van der Waals surface area (Å²) in [6.07, 6.45) is 1.11. The minimum absolute atomic E-state index is 0.147. The van der Waals surface area contributed by atoms with Gasteiger partial charge in [0.2, 0.25) is 0 Å². The Balaban J connectivity index is 1.77. The van der Waals surface area contributed by atoms with E-state index in [4.69, 9.17) is 15.2 Å². The standard InChI is InChI=1S/C20H26N4O4S/c1-13-17(29-12-23-13)10-28-14-3-4-16(21)15(9-14)18(22-2)19(26)24-20(11-25)5-7-27-8-6-20/h3-4,9,12,25H,5-8,10-11,21H2,1-2H3,(H,24,26)/p+1. The third kappa shape index (κ3) is 4.92. The summed E-state index contributed by atoms with van der Waals surface area (Å²) in [5, 5.41) is 12.8. The summed E-state index contributed by atoms with van der Waals surface area (Å²) < 4.78 is 11.2. The number of benzene rings is 1. The van der Waals surface area contributed by atoms with Crippen LogP contribution in [0.25, 0.3) is 0 Å². The van der Waals surface area contributed by atoms with Gasteiger partial charge in [-0.2, -0.15) is 0 Å². The Bertz CT molecular complexity index is 890. The quantitative estimate of drug-likeness (QED) is 0.363. The highest BCUT2D eigenvalue weighted by molar-refractivity contribution is 7.09. The van der Waals surface area contributed by atoms with Gasteiger partial charge in [0, 0.05) is 18.9 Å². The topological polar surface area (TPSA) is 121 Å². The van der Waals surface area contributed by atoms with Crippen LogP contribution in [0.2, 0.25) is 0 Å². The van der Waals surface area contributed by atoms with Crippen molar-refractivity contribution >= 4 is 28.6 Å². The van der Waals surface area contributed by atoms with Gasteiger partial charge in [-0.25, -0.2) is 9.98 Å². The lowest BCUT2D eigenvalue weighted by atomic mass is 9.90. The number of ether oxygens (including phenoxy) is 2. The zero-order chi connectivity index (χ0) is 20.9. The zero-order valence-corrected chi connectivity index (χ0v) is 17.5. The number of aryl methyl sites for hydroxylation is 1. The number of carbonyl (C=O) groups is 1. The number of rotatable bonds is 7. The largest absolute Gasteiger partial charge is 0.488 e. The summed E-state index contributed by atoms with van der Waals surface area (Å²) in [6, 6.07) is 5.23. The van der Waals surface area contributed by atoms with E-state index < -0.39 is 5.54 Å². The lowest BCUT2D eigenvalue weighted by molar-refractivity contribution is -0.418. The molecule has 5 N–H and O–H groups in total. The molecule has 0 aliphatic carbocycles. The number of aliphatic hydroxyl groups is 1. The van der Waals surface area contributed by atoms with Crippen LogP contribution in [-0.4, -0.2) is 54.1 Å². The lowest BCUT2D eigenvalue weighted by Gasteiger charge is -2.35. The molecule has 0 radical (unpaired) electrons. The van der Waals surface area contributed by atoms with Gasteiger partial charge >= 0.3 is 5.91 Å². The highest BCUT2D eigenvalue weighted by Crippen LogP contribution is 2.24. The second kappa shape index (κ2) is 9.34. The minimum Gasteiger partial charge on any atom is -0.488 e. The molecule has 156 valence electrons. The van der Waals surface area contributed by atoms with Crippen molar-refractivity contribution in [2.75, 3.05) is 32.6 Å². The molecular formula is C20H27N4O4S+. The van der Waals surface area contributed by atoms with Crippen molar-refractivity contribution in [1.29, 1.82) is 0 Å². The Kier molecular flexibility index (Phi) is 6.83. The van der Waals surface area contributed by atoms with Gasteiger partial charge in [-0.1, -0.05) is 0 Å². The first-order chi connectivity index (χ1) is 14.0. The number of nitrogen functional groups attached to an aromatic ring is 1. The van der Waals surface area contributed by atoms with Crippen molar-refractivity contribution in [3.63, 3.8) is 0 Å². The van der Waals surface area contributed by atoms with Crippen LogP contribution in [0, 0.1) is 6.92 Å². The molecule has 8 nitrogen and oxygen atoms in total. The van der Waals surface area contributed by atoms with Gasteiger partial charge in [0.1, 0.15) is 19.4 Å². The molecule has 0 spiro atoms. The number of amides is 1. The predicted octanol–water partition coefficient (Wildman–Crippen LogP) is -0.230. The van der Waals surface area contributed by atoms with Crippen LogP contribution >= 0.6 is 11.3 Å². The normalized spacial score (nSPS) is 16.4. The van der Waals surface area contributed by atoms with Crippen LogP contribution in [0.15, 0.2) is 23.7 Å². The van der Waals surface area contributed by atoms with Crippen molar-refractivity contribution in [2.45, 2.75) is 31.9 Å². The molecule has 1 aromatic heterocycles. The van der Waals surface area contributed by atoms with E-state index in [2.05, 4.69) is 15.3 Å². The summed E-state index contributed by atoms with van der Waals surface area (Å²) >= 11 is 1.54. The summed E-state index contributed by atoms with van der Waals surface area (Å²) in [4.78, 5) is 21.2. The molecule has 0 bridgehead atoms. The number of thiazole rings is 1. The fraction of sp³-hybridized carbons (Fsp3) is 0.450. The number of carbonyl (C=O) groups excluding carboxylic acids is 1. The Labute approximate surface area is 173 Å². The molecule has 1 aliphatic heterocycles. The van der Waals surface area contributed by atoms with E-state index >= 15 is 0 Å². The van der Waals surface area contributed by atoms with E-state index in [9.17, 15) is 9.90 Å². The Hall–Kier alpha value is -2.49. The Morgan fingerprint density at radius 1 is 1.45 bits per heavy atom. The number of hydrogen-bond acceptors (Lipinski definition) is 7. The van der Waals surface area contributed by atoms with Crippen molar-refractivity contribution in [1.82, 2.24) is 10.3 Å². The third-order valence-corrected chi connectivity index (χ3v) is 6.03. The molecule has 1 aromatic carbocycles. The molecule has 1 saturated heterocycles. The summed E-state index contributed by atoms with van der Waals surface area (Å²) in [5.41, 5.74) is 9.50. The van der Waals surface area contributed by atoms with E-state index in [0.717, 1.165) is 10.6 Å². The molecule has 2 aromatic rings. The first-order valence-corrected chi connectivity index (χ1v) is 10.3. The van der Waals surface area contributed by atoms with E-state index in [-0.39, 0.29) is 12.5 Å². The molecule has 2 heterocycles. The Morgan fingerprint density at radius 3 is 2.83 bits per heavy atom. The monoisotopic (exact) mass is 419 g/mol. The first kappa shape index (κ1) is 21.2. The molecule has 0 saturated carbocycles. The van der Waals surface area contributed by atoms with E-state index in [1.807, 2.05) is 6.92 Å². The van der Waals surface area contributed by atoms with E-state index in [0.29, 0.717) is 55.4 Å². The molecule has 0 atom stereocenters. The van der Waals surface area contributed by atoms with Crippen molar-refractivity contribution in [3.8, 4) is 5.75 Å². The maximum Gasteiger partial charge on any atom is 0.316 e.